The van der Waals surface area contributed by atoms with E-state index in [1.165, 1.54) is 14.0 Å². The summed E-state index contributed by atoms with van der Waals surface area (Å²) in [5.41, 5.74) is 0.132. The molecule has 1 aromatic carbocycles. The van der Waals surface area contributed by atoms with Crippen molar-refractivity contribution in [1.29, 1.82) is 0 Å². The summed E-state index contributed by atoms with van der Waals surface area (Å²) in [6, 6.07) is 6.98. The summed E-state index contributed by atoms with van der Waals surface area (Å²) in [6.45, 7) is 1.40. The zero-order chi connectivity index (χ0) is 15.4. The number of methoxy groups -OCH3 is 1. The smallest absolute Gasteiger partial charge is 0.326 e. The lowest BCUT2D eigenvalue weighted by molar-refractivity contribution is -0.147. The molecule has 0 saturated heterocycles. The van der Waals surface area contributed by atoms with Gasteiger partial charge in [0.05, 0.1) is 16.4 Å². The van der Waals surface area contributed by atoms with Gasteiger partial charge in [0.2, 0.25) is 0 Å². The summed E-state index contributed by atoms with van der Waals surface area (Å²) in [6.07, 6.45) is 0.468. The predicted molar refractivity (Wildman–Crippen MR) is 70.8 cm³/mol. The maximum absolute atomic E-state index is 11.8. The van der Waals surface area contributed by atoms with Gasteiger partial charge in [-0.3, -0.25) is 4.79 Å². The largest absolute Gasteiger partial charge is 0.494 e. The molecule has 0 aliphatic rings. The van der Waals surface area contributed by atoms with Gasteiger partial charge in [0.15, 0.2) is 0 Å². The molecular weight excluding hydrogens is 230 g/mol. The summed E-state index contributed by atoms with van der Waals surface area (Å²) in [7, 11) is 3.07. The van der Waals surface area contributed by atoms with Crippen LogP contribution in [0.4, 0.5) is 0 Å². The average Bonchev–Trinajstić information content (AvgIpc) is 2.38. The van der Waals surface area contributed by atoms with E-state index in [0.717, 1.165) is 5.56 Å². The van der Waals surface area contributed by atoms with E-state index in [1.54, 1.807) is 38.2 Å². The molecule has 1 atom stereocenters. The van der Waals surface area contributed by atoms with Crippen LogP contribution in [-0.4, -0.2) is 32.2 Å². The quantitative estimate of drug-likeness (QED) is 0.785. The molecule has 4 heteroatoms. The summed E-state index contributed by atoms with van der Waals surface area (Å²) < 4.78 is 24.6. The van der Waals surface area contributed by atoms with E-state index in [4.69, 9.17) is 12.2 Å². The van der Waals surface area contributed by atoms with Gasteiger partial charge in [-0.05, 0) is 38.6 Å². The van der Waals surface area contributed by atoms with Crippen LogP contribution >= 0.6 is 0 Å². The number of rotatable bonds is 6. The second-order valence-electron chi connectivity index (χ2n) is 4.20. The normalized spacial score (nSPS) is 16.2. The van der Waals surface area contributed by atoms with Crippen LogP contribution in [0.3, 0.4) is 0 Å². The zero-order valence-corrected chi connectivity index (χ0v) is 11.2. The number of hydrogen-bond acceptors (Lipinski definition) is 4. The number of likely N-dealkylation sites (N-methyl/N-ethyl adjacent to an activating group) is 1. The maximum Gasteiger partial charge on any atom is 0.326 e. The monoisotopic (exact) mass is 253 g/mol. The van der Waals surface area contributed by atoms with Crippen molar-refractivity contribution in [3.63, 3.8) is 0 Å². The Balaban J connectivity index is 2.81. The topological polar surface area (TPSA) is 47.6 Å². The Bertz CT molecular complexity index is 456. The van der Waals surface area contributed by atoms with E-state index in [1.807, 2.05) is 0 Å². The lowest BCUT2D eigenvalue weighted by Gasteiger charge is -2.26. The fourth-order valence-electron chi connectivity index (χ4n) is 1.69. The first kappa shape index (κ1) is 11.5. The Morgan fingerprint density at radius 3 is 2.50 bits per heavy atom. The third-order valence-corrected chi connectivity index (χ3v) is 2.89. The Kier molecular flexibility index (Phi) is 4.10. The van der Waals surface area contributed by atoms with E-state index < -0.39 is 12.1 Å². The van der Waals surface area contributed by atoms with E-state index in [0.29, 0.717) is 12.2 Å². The number of nitrogens with one attached hydrogen (secondary N) is 1. The molecule has 0 spiro atoms. The van der Waals surface area contributed by atoms with Crippen molar-refractivity contribution in [2.75, 3.05) is 20.7 Å². The molecule has 1 aromatic rings. The van der Waals surface area contributed by atoms with Crippen LogP contribution in [0.2, 0.25) is 0 Å². The van der Waals surface area contributed by atoms with Crippen molar-refractivity contribution < 1.29 is 17.0 Å². The summed E-state index contributed by atoms with van der Waals surface area (Å²) in [5.74, 6) is 0.121. The van der Waals surface area contributed by atoms with Crippen LogP contribution in [0.1, 0.15) is 22.2 Å². The molecule has 0 saturated carbocycles. The molecule has 0 aliphatic carbocycles. The SMILES string of the molecule is [2H]C([2H])(C)Oc1ccc(CC(C)(NC)C(=O)OC)cc1. The first-order valence-corrected chi connectivity index (χ1v) is 5.75. The van der Waals surface area contributed by atoms with E-state index in [2.05, 4.69) is 5.32 Å². The van der Waals surface area contributed by atoms with Crippen LogP contribution in [0.15, 0.2) is 24.3 Å². The Morgan fingerprint density at radius 2 is 2.06 bits per heavy atom. The molecular formula is C14H21NO3. The van der Waals surface area contributed by atoms with Gasteiger partial charge in [0.25, 0.3) is 0 Å². The molecule has 0 aliphatic heterocycles. The third kappa shape index (κ3) is 3.47. The number of hydrogen-bond donors (Lipinski definition) is 1. The van der Waals surface area contributed by atoms with Gasteiger partial charge < -0.3 is 14.8 Å². The molecule has 0 fully saturated rings. The Morgan fingerprint density at radius 1 is 1.44 bits per heavy atom. The second-order valence-corrected chi connectivity index (χ2v) is 4.20. The molecule has 0 amide bonds. The number of benzene rings is 1. The van der Waals surface area contributed by atoms with Crippen molar-refractivity contribution in [1.82, 2.24) is 5.32 Å². The van der Waals surface area contributed by atoms with Crippen LogP contribution in [0.25, 0.3) is 0 Å². The van der Waals surface area contributed by atoms with Crippen molar-refractivity contribution in [2.45, 2.75) is 25.8 Å². The van der Waals surface area contributed by atoms with Crippen LogP contribution < -0.4 is 10.1 Å². The zero-order valence-electron chi connectivity index (χ0n) is 13.2. The van der Waals surface area contributed by atoms with E-state index >= 15 is 0 Å². The summed E-state index contributed by atoms with van der Waals surface area (Å²) in [4.78, 5) is 11.8. The van der Waals surface area contributed by atoms with Crippen molar-refractivity contribution in [2.24, 2.45) is 0 Å². The molecule has 0 aromatic heterocycles. The average molecular weight is 253 g/mol. The third-order valence-electron chi connectivity index (χ3n) is 2.89. The number of carbonyl (C=O) groups excluding carboxylic acids is 1. The first-order chi connectivity index (χ1) is 9.20. The fraction of sp³-hybridized carbons (Fsp3) is 0.500. The minimum Gasteiger partial charge on any atom is -0.494 e. The Hall–Kier alpha value is -1.55. The number of esters is 1. The molecule has 18 heavy (non-hydrogen) atoms. The van der Waals surface area contributed by atoms with Gasteiger partial charge in [-0.1, -0.05) is 12.1 Å². The lowest BCUT2D eigenvalue weighted by atomic mass is 9.93. The highest BCUT2D eigenvalue weighted by atomic mass is 16.5. The van der Waals surface area contributed by atoms with Gasteiger partial charge >= 0.3 is 5.97 Å². The number of carbonyl (C=O) groups is 1. The van der Waals surface area contributed by atoms with Gasteiger partial charge in [-0.15, -0.1) is 0 Å². The molecule has 4 nitrogen and oxygen atoms in total. The first-order valence-electron chi connectivity index (χ1n) is 6.75. The fourth-order valence-corrected chi connectivity index (χ4v) is 1.69. The van der Waals surface area contributed by atoms with Crippen LogP contribution in [-0.2, 0) is 16.0 Å². The van der Waals surface area contributed by atoms with Gasteiger partial charge in [-0.25, -0.2) is 0 Å². The van der Waals surface area contributed by atoms with Crippen molar-refractivity contribution >= 4 is 5.97 Å². The molecule has 100 valence electrons. The second kappa shape index (κ2) is 6.40. The molecule has 1 N–H and O–H groups in total. The molecule has 1 unspecified atom stereocenters. The predicted octanol–water partition coefficient (Wildman–Crippen LogP) is 1.78. The van der Waals surface area contributed by atoms with Crippen molar-refractivity contribution in [3.05, 3.63) is 29.8 Å². The lowest BCUT2D eigenvalue weighted by Crippen LogP contribution is -2.50. The van der Waals surface area contributed by atoms with Gasteiger partial charge in [0.1, 0.15) is 11.3 Å². The highest BCUT2D eigenvalue weighted by Gasteiger charge is 2.32. The van der Waals surface area contributed by atoms with Gasteiger partial charge in [0, 0.05) is 6.42 Å². The summed E-state index contributed by atoms with van der Waals surface area (Å²) >= 11 is 0. The van der Waals surface area contributed by atoms with Crippen LogP contribution in [0.5, 0.6) is 5.75 Å². The number of ether oxygens (including phenoxy) is 2. The molecule has 0 bridgehead atoms. The van der Waals surface area contributed by atoms with E-state index in [-0.39, 0.29) is 5.97 Å². The van der Waals surface area contributed by atoms with E-state index in [9.17, 15) is 4.79 Å². The minimum absolute atomic E-state index is 0.329. The summed E-state index contributed by atoms with van der Waals surface area (Å²) in [5, 5.41) is 2.96. The molecule has 1 rings (SSSR count). The minimum atomic E-state index is -1.72. The Labute approximate surface area is 111 Å². The molecule has 0 radical (unpaired) electrons. The van der Waals surface area contributed by atoms with Crippen LogP contribution in [0, 0.1) is 0 Å². The highest BCUT2D eigenvalue weighted by molar-refractivity contribution is 5.80. The standard InChI is InChI=1S/C14H21NO3/c1-5-18-12-8-6-11(7-9-12)10-14(2,15-3)13(16)17-4/h6-9,15H,5,10H2,1-4H3/i5D2. The molecule has 0 heterocycles. The van der Waals surface area contributed by atoms with Crippen molar-refractivity contribution in [3.8, 4) is 5.75 Å². The maximum atomic E-state index is 11.8. The van der Waals surface area contributed by atoms with Gasteiger partial charge in [-0.2, -0.15) is 0 Å². The highest BCUT2D eigenvalue weighted by Crippen LogP contribution is 2.18.